The normalized spacial score (nSPS) is 11.0. The second-order valence-corrected chi connectivity index (χ2v) is 6.17. The summed E-state index contributed by atoms with van der Waals surface area (Å²) in [6, 6.07) is 24.9. The molecule has 1 amide bonds. The van der Waals surface area contributed by atoms with Crippen molar-refractivity contribution in [1.29, 1.82) is 0 Å². The molecule has 0 aliphatic heterocycles. The van der Waals surface area contributed by atoms with Gasteiger partial charge in [-0.15, -0.1) is 0 Å². The number of methoxy groups -OCH3 is 1. The first-order valence-corrected chi connectivity index (χ1v) is 8.80. The molecule has 4 rings (SSSR count). The Bertz CT molecular complexity index is 1150. The van der Waals surface area contributed by atoms with E-state index in [4.69, 9.17) is 9.15 Å². The fraction of sp³-hybridized carbons (Fsp3) is 0.0435. The Hall–Kier alpha value is -3.86. The minimum Gasteiger partial charge on any atom is -0.496 e. The summed E-state index contributed by atoms with van der Waals surface area (Å²) in [5.74, 6) is 1.43. The van der Waals surface area contributed by atoms with Gasteiger partial charge in [-0.25, -0.2) is 5.43 Å². The van der Waals surface area contributed by atoms with Crippen LogP contribution in [0.1, 0.15) is 16.1 Å². The maximum Gasteiger partial charge on any atom is 0.275 e. The number of hydrogen-bond donors (Lipinski definition) is 1. The molecule has 0 saturated heterocycles. The maximum atomic E-state index is 12.5. The van der Waals surface area contributed by atoms with Gasteiger partial charge in [0.1, 0.15) is 17.3 Å². The predicted molar refractivity (Wildman–Crippen MR) is 110 cm³/mol. The van der Waals surface area contributed by atoms with E-state index in [1.54, 1.807) is 12.1 Å². The van der Waals surface area contributed by atoms with Gasteiger partial charge in [0.2, 0.25) is 0 Å². The Balaban J connectivity index is 1.50. The van der Waals surface area contributed by atoms with Gasteiger partial charge in [-0.2, -0.15) is 5.10 Å². The lowest BCUT2D eigenvalue weighted by molar-refractivity contribution is 0.0952. The number of furan rings is 1. The Labute approximate surface area is 162 Å². The van der Waals surface area contributed by atoms with E-state index in [0.717, 1.165) is 22.1 Å². The zero-order valence-corrected chi connectivity index (χ0v) is 15.3. The van der Waals surface area contributed by atoms with Crippen molar-refractivity contribution in [3.63, 3.8) is 0 Å². The van der Waals surface area contributed by atoms with Crippen LogP contribution in [0.2, 0.25) is 0 Å². The third kappa shape index (κ3) is 3.64. The lowest BCUT2D eigenvalue weighted by atomic mass is 10.1. The summed E-state index contributed by atoms with van der Waals surface area (Å²) in [6.07, 6.45) is 1.47. The van der Waals surface area contributed by atoms with Crippen molar-refractivity contribution in [2.45, 2.75) is 0 Å². The van der Waals surface area contributed by atoms with Crippen molar-refractivity contribution in [3.05, 3.63) is 90.2 Å². The van der Waals surface area contributed by atoms with Crippen molar-refractivity contribution in [1.82, 2.24) is 5.43 Å². The van der Waals surface area contributed by atoms with Crippen LogP contribution in [0.25, 0.3) is 22.1 Å². The largest absolute Gasteiger partial charge is 0.496 e. The Kier molecular flexibility index (Phi) is 4.89. The van der Waals surface area contributed by atoms with Crippen molar-refractivity contribution in [2.24, 2.45) is 5.10 Å². The third-order valence-corrected chi connectivity index (χ3v) is 4.36. The lowest BCUT2D eigenvalue weighted by Crippen LogP contribution is -2.18. The van der Waals surface area contributed by atoms with Crippen LogP contribution in [0.4, 0.5) is 0 Å². The van der Waals surface area contributed by atoms with Gasteiger partial charge < -0.3 is 9.15 Å². The summed E-state index contributed by atoms with van der Waals surface area (Å²) in [5, 5.41) is 5.96. The van der Waals surface area contributed by atoms with Crippen molar-refractivity contribution in [3.8, 4) is 17.1 Å². The number of benzene rings is 3. The molecule has 5 heteroatoms. The summed E-state index contributed by atoms with van der Waals surface area (Å²) < 4.78 is 11.1. The molecule has 1 heterocycles. The summed E-state index contributed by atoms with van der Waals surface area (Å²) in [4.78, 5) is 12.5. The van der Waals surface area contributed by atoms with Crippen molar-refractivity contribution < 1.29 is 13.9 Å². The van der Waals surface area contributed by atoms with Gasteiger partial charge in [-0.1, -0.05) is 54.6 Å². The maximum absolute atomic E-state index is 12.5. The quantitative estimate of drug-likeness (QED) is 0.403. The van der Waals surface area contributed by atoms with Gasteiger partial charge >= 0.3 is 0 Å². The van der Waals surface area contributed by atoms with Gasteiger partial charge in [0.25, 0.3) is 5.91 Å². The number of carbonyl (C=O) groups is 1. The zero-order chi connectivity index (χ0) is 19.3. The minimum absolute atomic E-state index is 0.353. The SMILES string of the molecule is COc1cc2ccccc2cc1C(=O)N/N=C\c1ccc(-c2ccccc2)o1. The molecule has 0 spiro atoms. The molecular weight excluding hydrogens is 352 g/mol. The van der Waals surface area contributed by atoms with Gasteiger partial charge in [-0.05, 0) is 35.0 Å². The van der Waals surface area contributed by atoms with Crippen LogP contribution in [-0.4, -0.2) is 19.2 Å². The average Bonchev–Trinajstić information content (AvgIpc) is 3.22. The molecular formula is C23H18N2O3. The van der Waals surface area contributed by atoms with E-state index in [0.29, 0.717) is 17.1 Å². The van der Waals surface area contributed by atoms with E-state index in [2.05, 4.69) is 10.5 Å². The summed E-state index contributed by atoms with van der Waals surface area (Å²) in [7, 11) is 1.54. The monoisotopic (exact) mass is 370 g/mol. The molecule has 0 fully saturated rings. The molecule has 138 valence electrons. The topological polar surface area (TPSA) is 63.8 Å². The number of carbonyl (C=O) groups excluding carboxylic acids is 1. The van der Waals surface area contributed by atoms with Crippen LogP contribution >= 0.6 is 0 Å². The Morgan fingerprint density at radius 2 is 1.68 bits per heavy atom. The van der Waals surface area contributed by atoms with Crippen LogP contribution in [0.5, 0.6) is 5.75 Å². The number of amides is 1. The van der Waals surface area contributed by atoms with Crippen LogP contribution < -0.4 is 10.2 Å². The predicted octanol–water partition coefficient (Wildman–Crippen LogP) is 4.87. The highest BCUT2D eigenvalue weighted by Crippen LogP contribution is 2.26. The van der Waals surface area contributed by atoms with Gasteiger partial charge in [-0.3, -0.25) is 4.79 Å². The number of nitrogens with one attached hydrogen (secondary N) is 1. The molecule has 3 aromatic carbocycles. The number of ether oxygens (including phenoxy) is 1. The van der Waals surface area contributed by atoms with E-state index < -0.39 is 0 Å². The van der Waals surface area contributed by atoms with E-state index >= 15 is 0 Å². The molecule has 0 aliphatic rings. The van der Waals surface area contributed by atoms with Crippen molar-refractivity contribution in [2.75, 3.05) is 7.11 Å². The Morgan fingerprint density at radius 1 is 0.964 bits per heavy atom. The lowest BCUT2D eigenvalue weighted by Gasteiger charge is -2.09. The number of hydrazone groups is 1. The summed E-state index contributed by atoms with van der Waals surface area (Å²) in [6.45, 7) is 0. The van der Waals surface area contributed by atoms with E-state index in [1.807, 2.05) is 66.7 Å². The molecule has 0 unspecified atom stereocenters. The van der Waals surface area contributed by atoms with Crippen LogP contribution in [0, 0.1) is 0 Å². The highest BCUT2D eigenvalue weighted by molar-refractivity contribution is 6.01. The molecule has 28 heavy (non-hydrogen) atoms. The molecule has 0 bridgehead atoms. The number of nitrogens with zero attached hydrogens (tertiary/aromatic N) is 1. The first-order valence-electron chi connectivity index (χ1n) is 8.80. The zero-order valence-electron chi connectivity index (χ0n) is 15.3. The molecule has 5 nitrogen and oxygen atoms in total. The van der Waals surface area contributed by atoms with Crippen LogP contribution in [0.3, 0.4) is 0 Å². The minimum atomic E-state index is -0.353. The van der Waals surface area contributed by atoms with Gasteiger partial charge in [0.15, 0.2) is 0 Å². The fourth-order valence-corrected chi connectivity index (χ4v) is 2.96. The van der Waals surface area contributed by atoms with Crippen molar-refractivity contribution >= 4 is 22.9 Å². The van der Waals surface area contributed by atoms with Crippen LogP contribution in [0.15, 0.2) is 88.4 Å². The fourth-order valence-electron chi connectivity index (χ4n) is 2.96. The highest BCUT2D eigenvalue weighted by atomic mass is 16.5. The van der Waals surface area contributed by atoms with Gasteiger partial charge in [0, 0.05) is 5.56 Å². The number of fused-ring (bicyclic) bond motifs is 1. The summed E-state index contributed by atoms with van der Waals surface area (Å²) >= 11 is 0. The average molecular weight is 370 g/mol. The third-order valence-electron chi connectivity index (χ3n) is 4.36. The molecule has 0 atom stereocenters. The second-order valence-electron chi connectivity index (χ2n) is 6.17. The van der Waals surface area contributed by atoms with E-state index in [-0.39, 0.29) is 5.91 Å². The van der Waals surface area contributed by atoms with E-state index in [1.165, 1.54) is 13.3 Å². The Morgan fingerprint density at radius 3 is 2.43 bits per heavy atom. The number of hydrogen-bond acceptors (Lipinski definition) is 4. The smallest absolute Gasteiger partial charge is 0.275 e. The standard InChI is InChI=1S/C23H18N2O3/c1-27-22-14-18-10-6-5-9-17(18)13-20(22)23(26)25-24-15-19-11-12-21(28-19)16-7-3-2-4-8-16/h2-15H,1H3,(H,25,26)/b24-15-. The molecule has 1 aromatic heterocycles. The first kappa shape index (κ1) is 17.5. The molecule has 1 N–H and O–H groups in total. The van der Waals surface area contributed by atoms with Crippen LogP contribution in [-0.2, 0) is 0 Å². The van der Waals surface area contributed by atoms with Gasteiger partial charge in [0.05, 0.1) is 18.9 Å². The molecule has 0 radical (unpaired) electrons. The summed E-state index contributed by atoms with van der Waals surface area (Å²) in [5.41, 5.74) is 3.92. The molecule has 0 saturated carbocycles. The number of rotatable bonds is 5. The van der Waals surface area contributed by atoms with E-state index in [9.17, 15) is 4.79 Å². The molecule has 0 aliphatic carbocycles. The second kappa shape index (κ2) is 7.80. The highest BCUT2D eigenvalue weighted by Gasteiger charge is 2.13. The first-order chi connectivity index (χ1) is 13.7. The molecule has 4 aromatic rings.